The van der Waals surface area contributed by atoms with Gasteiger partial charge in [0.15, 0.2) is 5.79 Å². The van der Waals surface area contributed by atoms with Gasteiger partial charge in [-0.1, -0.05) is 42.5 Å². The predicted octanol–water partition coefficient (Wildman–Crippen LogP) is 4.12. The standard InChI is InChI=1S/C31H40N2O7S/c1-30(2,3)40-27(34)17-33-25-13-9-10-14-26(25)41-20-24(28(33)35)32-23(16-15-21-11-7-6-8-12-21)29(36)37-18-22-19-38-31(4,5)39-22/h6-14,22-24,32H,15-20H2,1-5H3. The summed E-state index contributed by atoms with van der Waals surface area (Å²) in [5.74, 6) is -1.62. The second kappa shape index (κ2) is 13.4. The number of hydrogen-bond donors (Lipinski definition) is 1. The van der Waals surface area contributed by atoms with Crippen LogP contribution in [0.25, 0.3) is 0 Å². The molecule has 9 nitrogen and oxygen atoms in total. The van der Waals surface area contributed by atoms with E-state index >= 15 is 0 Å². The normalized spacial score (nSPS) is 21.1. The third-order valence-corrected chi connectivity index (χ3v) is 7.72. The third kappa shape index (κ3) is 9.03. The number of carbonyl (C=O) groups excluding carboxylic acids is 3. The molecular weight excluding hydrogens is 544 g/mol. The molecule has 2 aliphatic rings. The number of ether oxygens (including phenoxy) is 4. The summed E-state index contributed by atoms with van der Waals surface area (Å²) >= 11 is 1.50. The zero-order chi connectivity index (χ0) is 29.6. The van der Waals surface area contributed by atoms with E-state index in [0.29, 0.717) is 30.9 Å². The molecule has 0 aromatic heterocycles. The first-order valence-electron chi connectivity index (χ1n) is 13.9. The highest BCUT2D eigenvalue weighted by Crippen LogP contribution is 2.34. The minimum atomic E-state index is -0.760. The number of amides is 1. The molecule has 1 fully saturated rings. The van der Waals surface area contributed by atoms with Crippen molar-refractivity contribution in [1.29, 1.82) is 0 Å². The Kier molecular flexibility index (Phi) is 10.1. The molecule has 0 radical (unpaired) electrons. The molecule has 2 aromatic rings. The van der Waals surface area contributed by atoms with Gasteiger partial charge in [0.25, 0.3) is 0 Å². The highest BCUT2D eigenvalue weighted by molar-refractivity contribution is 7.99. The van der Waals surface area contributed by atoms with Gasteiger partial charge in [0, 0.05) is 10.6 Å². The Labute approximate surface area is 246 Å². The fraction of sp³-hybridized carbons (Fsp3) is 0.516. The average Bonchev–Trinajstić information content (AvgIpc) is 3.21. The summed E-state index contributed by atoms with van der Waals surface area (Å²) in [7, 11) is 0. The van der Waals surface area contributed by atoms with Crippen molar-refractivity contribution in [3.8, 4) is 0 Å². The van der Waals surface area contributed by atoms with E-state index in [1.54, 1.807) is 20.8 Å². The Morgan fingerprint density at radius 1 is 1.12 bits per heavy atom. The van der Waals surface area contributed by atoms with Crippen LogP contribution in [0.2, 0.25) is 0 Å². The van der Waals surface area contributed by atoms with E-state index in [9.17, 15) is 14.4 Å². The molecule has 0 spiro atoms. The lowest BCUT2D eigenvalue weighted by Crippen LogP contribution is -2.54. The van der Waals surface area contributed by atoms with Crippen molar-refractivity contribution in [3.63, 3.8) is 0 Å². The number of aryl methyl sites for hydroxylation is 1. The van der Waals surface area contributed by atoms with Crippen LogP contribution in [0, 0.1) is 0 Å². The average molecular weight is 585 g/mol. The van der Waals surface area contributed by atoms with Crippen LogP contribution in [-0.2, 0) is 39.8 Å². The van der Waals surface area contributed by atoms with Gasteiger partial charge < -0.3 is 18.9 Å². The molecule has 1 saturated heterocycles. The molecule has 2 aromatic carbocycles. The number of nitrogens with one attached hydrogen (secondary N) is 1. The maximum atomic E-state index is 13.9. The third-order valence-electron chi connectivity index (χ3n) is 6.56. The van der Waals surface area contributed by atoms with E-state index in [1.165, 1.54) is 16.7 Å². The SMILES string of the molecule is CC(C)(C)OC(=O)CN1C(=O)C(NC(CCc2ccccc2)C(=O)OCC2COC(C)(C)O2)CSc2ccccc21. The lowest BCUT2D eigenvalue weighted by Gasteiger charge is -2.29. The number of fused-ring (bicyclic) bond motifs is 1. The molecule has 0 saturated carbocycles. The summed E-state index contributed by atoms with van der Waals surface area (Å²) in [5.41, 5.74) is 1.02. The summed E-state index contributed by atoms with van der Waals surface area (Å²) in [6.07, 6.45) is 0.668. The van der Waals surface area contributed by atoms with Gasteiger partial charge >= 0.3 is 11.9 Å². The van der Waals surface area contributed by atoms with Crippen LogP contribution in [0.4, 0.5) is 5.69 Å². The van der Waals surface area contributed by atoms with Gasteiger partial charge in [-0.15, -0.1) is 11.8 Å². The van der Waals surface area contributed by atoms with Crippen LogP contribution in [-0.4, -0.2) is 72.9 Å². The lowest BCUT2D eigenvalue weighted by atomic mass is 10.0. The molecule has 1 N–H and O–H groups in total. The highest BCUT2D eigenvalue weighted by Gasteiger charge is 2.37. The summed E-state index contributed by atoms with van der Waals surface area (Å²) in [6.45, 7) is 9.14. The quantitative estimate of drug-likeness (QED) is 0.413. The zero-order valence-corrected chi connectivity index (χ0v) is 25.2. The van der Waals surface area contributed by atoms with Gasteiger partial charge in [-0.25, -0.2) is 0 Å². The van der Waals surface area contributed by atoms with Gasteiger partial charge in [0.05, 0.1) is 18.3 Å². The van der Waals surface area contributed by atoms with Gasteiger partial charge in [-0.05, 0) is 65.2 Å². The number of carbonyl (C=O) groups is 3. The Balaban J connectivity index is 1.51. The van der Waals surface area contributed by atoms with E-state index in [2.05, 4.69) is 5.32 Å². The first-order valence-corrected chi connectivity index (χ1v) is 14.9. The summed E-state index contributed by atoms with van der Waals surface area (Å²) in [4.78, 5) is 42.5. The van der Waals surface area contributed by atoms with Crippen molar-refractivity contribution < 1.29 is 33.3 Å². The van der Waals surface area contributed by atoms with Crippen LogP contribution in [0.15, 0.2) is 59.5 Å². The fourth-order valence-electron chi connectivity index (χ4n) is 4.73. The van der Waals surface area contributed by atoms with E-state index in [-0.39, 0.29) is 25.2 Å². The van der Waals surface area contributed by atoms with Crippen molar-refractivity contribution >= 4 is 35.3 Å². The van der Waals surface area contributed by atoms with Crippen LogP contribution >= 0.6 is 11.8 Å². The van der Waals surface area contributed by atoms with Gasteiger partial charge in [-0.2, -0.15) is 0 Å². The zero-order valence-electron chi connectivity index (χ0n) is 24.4. The van der Waals surface area contributed by atoms with Crippen molar-refractivity contribution in [2.75, 3.05) is 30.4 Å². The molecule has 4 rings (SSSR count). The van der Waals surface area contributed by atoms with Gasteiger partial charge in [-0.3, -0.25) is 24.6 Å². The minimum Gasteiger partial charge on any atom is -0.462 e. The summed E-state index contributed by atoms with van der Waals surface area (Å²) in [6, 6.07) is 15.8. The van der Waals surface area contributed by atoms with Crippen molar-refractivity contribution in [3.05, 3.63) is 60.2 Å². The molecular formula is C31H40N2O7S. The lowest BCUT2D eigenvalue weighted by molar-refractivity contribution is -0.160. The smallest absolute Gasteiger partial charge is 0.326 e. The monoisotopic (exact) mass is 584 g/mol. The Morgan fingerprint density at radius 2 is 1.83 bits per heavy atom. The number of nitrogens with zero attached hydrogens (tertiary/aromatic N) is 1. The van der Waals surface area contributed by atoms with E-state index in [1.807, 2.05) is 68.4 Å². The topological polar surface area (TPSA) is 103 Å². The highest BCUT2D eigenvalue weighted by atomic mass is 32.2. The van der Waals surface area contributed by atoms with E-state index in [4.69, 9.17) is 18.9 Å². The maximum Gasteiger partial charge on any atom is 0.326 e. The minimum absolute atomic E-state index is 0.0509. The Bertz CT molecular complexity index is 1210. The van der Waals surface area contributed by atoms with Gasteiger partial charge in [0.1, 0.15) is 30.9 Å². The first-order chi connectivity index (χ1) is 19.4. The number of anilines is 1. The molecule has 222 valence electrons. The molecule has 3 atom stereocenters. The number of rotatable bonds is 10. The Morgan fingerprint density at radius 3 is 2.51 bits per heavy atom. The number of para-hydroxylation sites is 1. The molecule has 2 heterocycles. The molecule has 3 unspecified atom stereocenters. The molecule has 10 heteroatoms. The maximum absolute atomic E-state index is 13.9. The van der Waals surface area contributed by atoms with Crippen LogP contribution in [0.3, 0.4) is 0 Å². The molecule has 41 heavy (non-hydrogen) atoms. The van der Waals surface area contributed by atoms with Crippen LogP contribution in [0.5, 0.6) is 0 Å². The second-order valence-corrected chi connectivity index (χ2v) is 12.7. The molecule has 2 aliphatic heterocycles. The molecule has 0 bridgehead atoms. The van der Waals surface area contributed by atoms with Crippen LogP contribution in [0.1, 0.15) is 46.6 Å². The number of thioether (sulfide) groups is 1. The largest absolute Gasteiger partial charge is 0.462 e. The van der Waals surface area contributed by atoms with Crippen LogP contribution < -0.4 is 10.2 Å². The van der Waals surface area contributed by atoms with Crippen molar-refractivity contribution in [2.45, 2.75) is 81.9 Å². The first kappa shape index (κ1) is 31.0. The van der Waals surface area contributed by atoms with Gasteiger partial charge in [0.2, 0.25) is 5.91 Å². The summed E-state index contributed by atoms with van der Waals surface area (Å²) in [5, 5.41) is 3.28. The fourth-order valence-corrected chi connectivity index (χ4v) is 5.81. The summed E-state index contributed by atoms with van der Waals surface area (Å²) < 4.78 is 22.6. The number of benzene rings is 2. The van der Waals surface area contributed by atoms with Crippen molar-refractivity contribution in [1.82, 2.24) is 5.32 Å². The van der Waals surface area contributed by atoms with E-state index < -0.39 is 35.4 Å². The predicted molar refractivity (Wildman–Crippen MR) is 157 cm³/mol. The molecule has 1 amide bonds. The van der Waals surface area contributed by atoms with Crippen molar-refractivity contribution in [2.24, 2.45) is 0 Å². The Hall–Kier alpha value is -2.92. The number of esters is 2. The second-order valence-electron chi connectivity index (χ2n) is 11.7. The van der Waals surface area contributed by atoms with E-state index in [0.717, 1.165) is 10.5 Å². The molecule has 0 aliphatic carbocycles. The number of hydrogen-bond acceptors (Lipinski definition) is 9.